The smallest absolute Gasteiger partial charge is 0.123 e. The van der Waals surface area contributed by atoms with Crippen LogP contribution in [0.15, 0.2) is 24.3 Å². The topological polar surface area (TPSA) is 29.3 Å². The van der Waals surface area contributed by atoms with Crippen LogP contribution in [-0.4, -0.2) is 24.5 Å². The monoisotopic (exact) mass is 250 g/mol. The quantitative estimate of drug-likeness (QED) is 0.890. The predicted octanol–water partition coefficient (Wildman–Crippen LogP) is 2.95. The van der Waals surface area contributed by atoms with Gasteiger partial charge in [-0.2, -0.15) is 0 Å². The third-order valence-corrected chi connectivity index (χ3v) is 4.04. The second-order valence-corrected chi connectivity index (χ2v) is 5.27. The van der Waals surface area contributed by atoms with E-state index < -0.39 is 0 Å². The fourth-order valence-corrected chi connectivity index (χ4v) is 2.74. The van der Waals surface area contributed by atoms with Crippen molar-refractivity contribution in [3.05, 3.63) is 35.6 Å². The third kappa shape index (κ3) is 3.53. The number of hydrogen-bond acceptors (Lipinski definition) is 2. The molecule has 1 atom stereocenters. The third-order valence-electron chi connectivity index (χ3n) is 4.04. The first-order chi connectivity index (χ1) is 8.69. The molecule has 3 heteroatoms. The average molecular weight is 250 g/mol. The van der Waals surface area contributed by atoms with Crippen molar-refractivity contribution in [2.45, 2.75) is 32.2 Å². The largest absolute Gasteiger partial charge is 0.324 e. The van der Waals surface area contributed by atoms with Crippen LogP contribution in [0.4, 0.5) is 4.39 Å². The van der Waals surface area contributed by atoms with E-state index in [-0.39, 0.29) is 11.9 Å². The van der Waals surface area contributed by atoms with E-state index in [1.165, 1.54) is 38.1 Å². The molecule has 2 nitrogen and oxygen atoms in total. The highest BCUT2D eigenvalue weighted by atomic mass is 19.1. The van der Waals surface area contributed by atoms with Crippen LogP contribution in [0.2, 0.25) is 0 Å². The van der Waals surface area contributed by atoms with Crippen LogP contribution >= 0.6 is 0 Å². The summed E-state index contributed by atoms with van der Waals surface area (Å²) in [5, 5.41) is 0. The van der Waals surface area contributed by atoms with E-state index in [1.807, 2.05) is 0 Å². The summed E-state index contributed by atoms with van der Waals surface area (Å²) in [6.45, 7) is 5.75. The Kier molecular flexibility index (Phi) is 4.72. The summed E-state index contributed by atoms with van der Waals surface area (Å²) in [5.41, 5.74) is 7.26. The summed E-state index contributed by atoms with van der Waals surface area (Å²) in [5.74, 6) is 0.523. The fraction of sp³-hybridized carbons (Fsp3) is 0.600. The van der Waals surface area contributed by atoms with Gasteiger partial charge in [0.25, 0.3) is 0 Å². The summed E-state index contributed by atoms with van der Waals surface area (Å²) in [6, 6.07) is 6.65. The van der Waals surface area contributed by atoms with Crippen LogP contribution in [0.5, 0.6) is 0 Å². The SMILES string of the molecule is CCN1CCC(CC(N)c2ccc(F)cc2)CC1. The molecule has 1 aromatic carbocycles. The number of rotatable bonds is 4. The van der Waals surface area contributed by atoms with Gasteiger partial charge in [0, 0.05) is 6.04 Å². The van der Waals surface area contributed by atoms with E-state index in [2.05, 4.69) is 11.8 Å². The van der Waals surface area contributed by atoms with Crippen LogP contribution in [0.25, 0.3) is 0 Å². The molecule has 0 spiro atoms. The first kappa shape index (κ1) is 13.5. The average Bonchev–Trinajstić information content (AvgIpc) is 2.40. The molecule has 0 radical (unpaired) electrons. The molecular weight excluding hydrogens is 227 g/mol. The number of hydrogen-bond donors (Lipinski definition) is 1. The molecule has 0 aromatic heterocycles. The first-order valence-electron chi connectivity index (χ1n) is 6.92. The standard InChI is InChI=1S/C15H23FN2/c1-2-18-9-7-12(8-10-18)11-15(17)13-3-5-14(16)6-4-13/h3-6,12,15H,2,7-11,17H2,1H3. The van der Waals surface area contributed by atoms with Gasteiger partial charge >= 0.3 is 0 Å². The normalized spacial score (nSPS) is 19.9. The molecular formula is C15H23FN2. The van der Waals surface area contributed by atoms with E-state index in [4.69, 9.17) is 5.73 Å². The second-order valence-electron chi connectivity index (χ2n) is 5.27. The number of halogens is 1. The van der Waals surface area contributed by atoms with E-state index >= 15 is 0 Å². The number of likely N-dealkylation sites (tertiary alicyclic amines) is 1. The second kappa shape index (κ2) is 6.30. The van der Waals surface area contributed by atoms with Crippen molar-refractivity contribution < 1.29 is 4.39 Å². The zero-order valence-corrected chi connectivity index (χ0v) is 11.1. The summed E-state index contributed by atoms with van der Waals surface area (Å²) < 4.78 is 12.8. The minimum atomic E-state index is -0.192. The number of benzene rings is 1. The van der Waals surface area contributed by atoms with Crippen molar-refractivity contribution in [3.8, 4) is 0 Å². The van der Waals surface area contributed by atoms with Gasteiger partial charge in [0.1, 0.15) is 5.82 Å². The van der Waals surface area contributed by atoms with Crippen molar-refractivity contribution >= 4 is 0 Å². The molecule has 18 heavy (non-hydrogen) atoms. The van der Waals surface area contributed by atoms with Gasteiger partial charge in [0.05, 0.1) is 0 Å². The summed E-state index contributed by atoms with van der Waals surface area (Å²) >= 11 is 0. The Morgan fingerprint density at radius 2 is 1.89 bits per heavy atom. The number of nitrogens with zero attached hydrogens (tertiary/aromatic N) is 1. The van der Waals surface area contributed by atoms with Gasteiger partial charge < -0.3 is 10.6 Å². The van der Waals surface area contributed by atoms with Gasteiger partial charge in [-0.15, -0.1) is 0 Å². The van der Waals surface area contributed by atoms with Gasteiger partial charge in [-0.3, -0.25) is 0 Å². The van der Waals surface area contributed by atoms with Gasteiger partial charge in [-0.05, 0) is 62.5 Å². The number of piperidine rings is 1. The minimum Gasteiger partial charge on any atom is -0.324 e. The molecule has 1 fully saturated rings. The molecule has 1 saturated heterocycles. The van der Waals surface area contributed by atoms with E-state index in [1.54, 1.807) is 12.1 Å². The van der Waals surface area contributed by atoms with Crippen molar-refractivity contribution in [2.75, 3.05) is 19.6 Å². The number of nitrogens with two attached hydrogens (primary N) is 1. The Morgan fingerprint density at radius 1 is 1.28 bits per heavy atom. The van der Waals surface area contributed by atoms with Gasteiger partial charge in [0.2, 0.25) is 0 Å². The molecule has 1 unspecified atom stereocenters. The zero-order chi connectivity index (χ0) is 13.0. The van der Waals surface area contributed by atoms with Crippen LogP contribution in [-0.2, 0) is 0 Å². The Balaban J connectivity index is 1.84. The van der Waals surface area contributed by atoms with Gasteiger partial charge in [0.15, 0.2) is 0 Å². The first-order valence-corrected chi connectivity index (χ1v) is 6.92. The molecule has 0 saturated carbocycles. The van der Waals surface area contributed by atoms with E-state index in [0.717, 1.165) is 18.5 Å². The molecule has 1 aromatic rings. The maximum Gasteiger partial charge on any atom is 0.123 e. The van der Waals surface area contributed by atoms with Crippen molar-refractivity contribution in [1.82, 2.24) is 4.90 Å². The Morgan fingerprint density at radius 3 is 2.44 bits per heavy atom. The molecule has 0 amide bonds. The highest BCUT2D eigenvalue weighted by molar-refractivity contribution is 5.19. The molecule has 0 aliphatic carbocycles. The molecule has 1 aliphatic rings. The summed E-state index contributed by atoms with van der Waals surface area (Å²) in [7, 11) is 0. The van der Waals surface area contributed by atoms with Crippen LogP contribution < -0.4 is 5.73 Å². The molecule has 0 bridgehead atoms. The molecule has 1 aliphatic heterocycles. The minimum absolute atomic E-state index is 0.0452. The lowest BCUT2D eigenvalue weighted by atomic mass is 9.88. The molecule has 2 N–H and O–H groups in total. The Labute approximate surface area is 109 Å². The fourth-order valence-electron chi connectivity index (χ4n) is 2.74. The Bertz CT molecular complexity index is 355. The lowest BCUT2D eigenvalue weighted by Gasteiger charge is -2.32. The Hall–Kier alpha value is -0.930. The molecule has 2 rings (SSSR count). The van der Waals surface area contributed by atoms with E-state index in [0.29, 0.717) is 5.92 Å². The highest BCUT2D eigenvalue weighted by Gasteiger charge is 2.20. The lowest BCUT2D eigenvalue weighted by molar-refractivity contribution is 0.182. The lowest BCUT2D eigenvalue weighted by Crippen LogP contribution is -2.34. The van der Waals surface area contributed by atoms with Crippen molar-refractivity contribution in [3.63, 3.8) is 0 Å². The summed E-state index contributed by atoms with van der Waals surface area (Å²) in [6.07, 6.45) is 3.49. The van der Waals surface area contributed by atoms with Crippen LogP contribution in [0.1, 0.15) is 37.8 Å². The highest BCUT2D eigenvalue weighted by Crippen LogP contribution is 2.26. The van der Waals surface area contributed by atoms with E-state index in [9.17, 15) is 4.39 Å². The maximum absolute atomic E-state index is 12.8. The maximum atomic E-state index is 12.8. The van der Waals surface area contributed by atoms with Gasteiger partial charge in [-0.25, -0.2) is 4.39 Å². The van der Waals surface area contributed by atoms with Crippen LogP contribution in [0, 0.1) is 11.7 Å². The van der Waals surface area contributed by atoms with Crippen molar-refractivity contribution in [2.24, 2.45) is 11.7 Å². The summed E-state index contributed by atoms with van der Waals surface area (Å²) in [4.78, 5) is 2.49. The zero-order valence-electron chi connectivity index (χ0n) is 11.1. The molecule has 1 heterocycles. The predicted molar refractivity (Wildman–Crippen MR) is 72.8 cm³/mol. The van der Waals surface area contributed by atoms with Gasteiger partial charge in [-0.1, -0.05) is 19.1 Å². The van der Waals surface area contributed by atoms with Crippen molar-refractivity contribution in [1.29, 1.82) is 0 Å². The van der Waals surface area contributed by atoms with Crippen LogP contribution in [0.3, 0.4) is 0 Å². The molecule has 100 valence electrons.